The van der Waals surface area contributed by atoms with E-state index in [1.54, 1.807) is 0 Å². The van der Waals surface area contributed by atoms with E-state index in [1.165, 1.54) is 27.6 Å². The second-order valence-electron chi connectivity index (χ2n) is 8.01. The fraction of sp³-hybridized carbons (Fsp3) is 0.476. The van der Waals surface area contributed by atoms with E-state index in [9.17, 15) is 0 Å². The van der Waals surface area contributed by atoms with Crippen LogP contribution < -0.4 is 0 Å². The standard InChI is InChI=1S/C21H27N3/c1-10-11(2)16-12(3)13(4)18-17(19(16)22-14(10)5)20(21(7,8)9)24-15(6)23-18/h1-9H3. The van der Waals surface area contributed by atoms with Gasteiger partial charge in [-0.05, 0) is 63.8 Å². The first kappa shape index (κ1) is 16.8. The highest BCUT2D eigenvalue weighted by Crippen LogP contribution is 2.38. The van der Waals surface area contributed by atoms with Crippen molar-refractivity contribution in [1.82, 2.24) is 15.0 Å². The van der Waals surface area contributed by atoms with Gasteiger partial charge in [-0.15, -0.1) is 0 Å². The Kier molecular flexibility index (Phi) is 3.67. The first-order chi connectivity index (χ1) is 11.0. The van der Waals surface area contributed by atoms with E-state index in [0.717, 1.165) is 33.6 Å². The van der Waals surface area contributed by atoms with Gasteiger partial charge in [-0.25, -0.2) is 9.97 Å². The largest absolute Gasteiger partial charge is 0.252 e. The Morgan fingerprint density at radius 1 is 0.583 bits per heavy atom. The van der Waals surface area contributed by atoms with Crippen LogP contribution in [0.5, 0.6) is 0 Å². The Balaban J connectivity index is 2.74. The molecule has 0 spiro atoms. The van der Waals surface area contributed by atoms with E-state index in [2.05, 4.69) is 55.4 Å². The van der Waals surface area contributed by atoms with Gasteiger partial charge in [-0.3, -0.25) is 4.98 Å². The molecule has 2 heterocycles. The molecule has 0 aliphatic rings. The smallest absolute Gasteiger partial charge is 0.126 e. The number of aryl methyl sites for hydroxylation is 5. The Hall–Kier alpha value is -2.03. The lowest BCUT2D eigenvalue weighted by atomic mass is 9.85. The molecule has 0 amide bonds. The van der Waals surface area contributed by atoms with Gasteiger partial charge in [0.25, 0.3) is 0 Å². The van der Waals surface area contributed by atoms with Crippen molar-refractivity contribution in [3.8, 4) is 0 Å². The molecule has 0 unspecified atom stereocenters. The molecule has 3 aromatic rings. The maximum atomic E-state index is 4.99. The van der Waals surface area contributed by atoms with Crippen LogP contribution in [0.3, 0.4) is 0 Å². The van der Waals surface area contributed by atoms with Crippen molar-refractivity contribution in [1.29, 1.82) is 0 Å². The second-order valence-corrected chi connectivity index (χ2v) is 8.01. The third-order valence-corrected chi connectivity index (χ3v) is 5.26. The van der Waals surface area contributed by atoms with E-state index < -0.39 is 0 Å². The minimum Gasteiger partial charge on any atom is -0.252 e. The van der Waals surface area contributed by atoms with Gasteiger partial charge in [0.2, 0.25) is 0 Å². The molecule has 0 fully saturated rings. The molecule has 2 aromatic heterocycles. The van der Waals surface area contributed by atoms with Crippen molar-refractivity contribution in [3.63, 3.8) is 0 Å². The molecule has 3 nitrogen and oxygen atoms in total. The zero-order valence-electron chi connectivity index (χ0n) is 16.3. The highest BCUT2D eigenvalue weighted by molar-refractivity contribution is 6.10. The number of fused-ring (bicyclic) bond motifs is 3. The van der Waals surface area contributed by atoms with Crippen molar-refractivity contribution in [3.05, 3.63) is 39.5 Å². The SMILES string of the molecule is Cc1nc(C(C)(C)C)c2c(n1)c(C)c(C)c1c(C)c(C)c(C)nc12. The van der Waals surface area contributed by atoms with E-state index >= 15 is 0 Å². The van der Waals surface area contributed by atoms with E-state index in [1.807, 2.05) is 6.92 Å². The summed E-state index contributed by atoms with van der Waals surface area (Å²) >= 11 is 0. The van der Waals surface area contributed by atoms with Gasteiger partial charge in [0.05, 0.1) is 16.7 Å². The maximum Gasteiger partial charge on any atom is 0.126 e. The van der Waals surface area contributed by atoms with Crippen LogP contribution in [-0.4, -0.2) is 15.0 Å². The lowest BCUT2D eigenvalue weighted by molar-refractivity contribution is 0.572. The summed E-state index contributed by atoms with van der Waals surface area (Å²) in [5.41, 5.74) is 9.33. The summed E-state index contributed by atoms with van der Waals surface area (Å²) in [5.74, 6) is 0.829. The van der Waals surface area contributed by atoms with Gasteiger partial charge < -0.3 is 0 Å². The second kappa shape index (κ2) is 5.23. The summed E-state index contributed by atoms with van der Waals surface area (Å²) in [6.07, 6.45) is 0. The molecule has 0 aliphatic carbocycles. The average Bonchev–Trinajstić information content (AvgIpc) is 2.48. The van der Waals surface area contributed by atoms with Gasteiger partial charge in [0, 0.05) is 21.9 Å². The number of hydrogen-bond acceptors (Lipinski definition) is 3. The summed E-state index contributed by atoms with van der Waals surface area (Å²) in [6.45, 7) is 19.4. The van der Waals surface area contributed by atoms with Gasteiger partial charge in [0.15, 0.2) is 0 Å². The van der Waals surface area contributed by atoms with Gasteiger partial charge in [-0.2, -0.15) is 0 Å². The fourth-order valence-electron chi connectivity index (χ4n) is 3.56. The first-order valence-corrected chi connectivity index (χ1v) is 8.59. The molecule has 0 radical (unpaired) electrons. The van der Waals surface area contributed by atoms with Crippen molar-refractivity contribution >= 4 is 21.8 Å². The Morgan fingerprint density at radius 2 is 1.17 bits per heavy atom. The molecule has 0 atom stereocenters. The Morgan fingerprint density at radius 3 is 1.75 bits per heavy atom. The van der Waals surface area contributed by atoms with Crippen LogP contribution in [0.15, 0.2) is 0 Å². The molecular formula is C21H27N3. The molecule has 0 bridgehead atoms. The summed E-state index contributed by atoms with van der Waals surface area (Å²) in [6, 6.07) is 0. The topological polar surface area (TPSA) is 38.7 Å². The van der Waals surface area contributed by atoms with E-state index in [4.69, 9.17) is 15.0 Å². The number of hydrogen-bond donors (Lipinski definition) is 0. The van der Waals surface area contributed by atoms with E-state index in [-0.39, 0.29) is 5.41 Å². The number of pyridine rings is 1. The molecule has 24 heavy (non-hydrogen) atoms. The molecule has 0 aliphatic heterocycles. The third-order valence-electron chi connectivity index (χ3n) is 5.26. The summed E-state index contributed by atoms with van der Waals surface area (Å²) in [4.78, 5) is 14.6. The van der Waals surface area contributed by atoms with Crippen LogP contribution in [0.1, 0.15) is 60.2 Å². The number of benzene rings is 1. The van der Waals surface area contributed by atoms with Crippen molar-refractivity contribution in [2.45, 2.75) is 67.7 Å². The number of rotatable bonds is 0. The first-order valence-electron chi connectivity index (χ1n) is 8.59. The minimum absolute atomic E-state index is 0.0606. The maximum absolute atomic E-state index is 4.99. The molecule has 126 valence electrons. The fourth-order valence-corrected chi connectivity index (χ4v) is 3.56. The zero-order chi connectivity index (χ0) is 18.0. The van der Waals surface area contributed by atoms with Crippen molar-refractivity contribution < 1.29 is 0 Å². The van der Waals surface area contributed by atoms with Crippen LogP contribution >= 0.6 is 0 Å². The van der Waals surface area contributed by atoms with Crippen molar-refractivity contribution in [2.24, 2.45) is 0 Å². The average molecular weight is 321 g/mol. The zero-order valence-corrected chi connectivity index (χ0v) is 16.3. The lowest BCUT2D eigenvalue weighted by Gasteiger charge is -2.23. The molecular weight excluding hydrogens is 294 g/mol. The molecule has 0 N–H and O–H groups in total. The predicted octanol–water partition coefficient (Wildman–Crippen LogP) is 5.33. The highest BCUT2D eigenvalue weighted by atomic mass is 14.9. The minimum atomic E-state index is -0.0606. The van der Waals surface area contributed by atoms with Crippen LogP contribution in [0.4, 0.5) is 0 Å². The summed E-state index contributed by atoms with van der Waals surface area (Å²) < 4.78 is 0. The van der Waals surface area contributed by atoms with Crippen molar-refractivity contribution in [2.75, 3.05) is 0 Å². The lowest BCUT2D eigenvalue weighted by Crippen LogP contribution is -2.17. The quantitative estimate of drug-likeness (QED) is 0.526. The Labute approximate surface area is 144 Å². The van der Waals surface area contributed by atoms with Crippen LogP contribution in [-0.2, 0) is 5.41 Å². The third kappa shape index (κ3) is 2.29. The summed E-state index contributed by atoms with van der Waals surface area (Å²) in [5, 5.41) is 2.39. The molecule has 0 saturated carbocycles. The van der Waals surface area contributed by atoms with Crippen LogP contribution in [0, 0.1) is 41.5 Å². The molecule has 1 aromatic carbocycles. The predicted molar refractivity (Wildman–Crippen MR) is 102 cm³/mol. The molecule has 0 saturated heterocycles. The monoisotopic (exact) mass is 321 g/mol. The highest BCUT2D eigenvalue weighted by Gasteiger charge is 2.25. The van der Waals surface area contributed by atoms with Gasteiger partial charge >= 0.3 is 0 Å². The summed E-state index contributed by atoms with van der Waals surface area (Å²) in [7, 11) is 0. The van der Waals surface area contributed by atoms with Crippen LogP contribution in [0.25, 0.3) is 21.8 Å². The molecule has 3 rings (SSSR count). The van der Waals surface area contributed by atoms with Crippen LogP contribution in [0.2, 0.25) is 0 Å². The number of nitrogens with zero attached hydrogens (tertiary/aromatic N) is 3. The molecule has 3 heteroatoms. The number of aromatic nitrogens is 3. The van der Waals surface area contributed by atoms with E-state index in [0.29, 0.717) is 0 Å². The normalized spacial score (nSPS) is 12.4. The van der Waals surface area contributed by atoms with Gasteiger partial charge in [0.1, 0.15) is 5.82 Å². The van der Waals surface area contributed by atoms with Gasteiger partial charge in [-0.1, -0.05) is 20.8 Å². The Bertz CT molecular complexity index is 992.